The number of ether oxygens (including phenoxy) is 1. The van der Waals surface area contributed by atoms with E-state index in [0.29, 0.717) is 19.8 Å². The normalized spacial score (nSPS) is 20.5. The van der Waals surface area contributed by atoms with E-state index in [1.807, 2.05) is 0 Å². The number of aromatic nitrogens is 1. The highest BCUT2D eigenvalue weighted by molar-refractivity contribution is 5.14. The van der Waals surface area contributed by atoms with Crippen LogP contribution >= 0.6 is 0 Å². The van der Waals surface area contributed by atoms with Gasteiger partial charge < -0.3 is 14.4 Å². The van der Waals surface area contributed by atoms with Gasteiger partial charge in [0.15, 0.2) is 0 Å². The molecular weight excluding hydrogens is 190 g/mol. The summed E-state index contributed by atoms with van der Waals surface area (Å²) in [5.41, 5.74) is 1.85. The van der Waals surface area contributed by atoms with Gasteiger partial charge in [0.25, 0.3) is 0 Å². The zero-order valence-corrected chi connectivity index (χ0v) is 9.49. The molecule has 0 unspecified atom stereocenters. The van der Waals surface area contributed by atoms with Crippen LogP contribution in [0.1, 0.15) is 24.2 Å². The molecule has 1 aromatic heterocycles. The van der Waals surface area contributed by atoms with Crippen LogP contribution in [-0.4, -0.2) is 28.5 Å². The average Bonchev–Trinajstić information content (AvgIpc) is 2.50. The molecule has 1 aliphatic rings. The van der Waals surface area contributed by atoms with Crippen LogP contribution in [0.5, 0.6) is 0 Å². The number of hydrogen-bond donors (Lipinski definition) is 1. The summed E-state index contributed by atoms with van der Waals surface area (Å²) in [6.07, 6.45) is 1.48. The van der Waals surface area contributed by atoms with Gasteiger partial charge in [-0.3, -0.25) is 0 Å². The minimum atomic E-state index is -0.577. The lowest BCUT2D eigenvalue weighted by Gasteiger charge is -2.33. The van der Waals surface area contributed by atoms with Gasteiger partial charge >= 0.3 is 0 Å². The van der Waals surface area contributed by atoms with Crippen molar-refractivity contribution in [3.05, 3.63) is 23.5 Å². The molecule has 1 aromatic rings. The van der Waals surface area contributed by atoms with Gasteiger partial charge in [0.1, 0.15) is 0 Å². The number of aryl methyl sites for hydroxylation is 2. The molecule has 0 aliphatic carbocycles. The molecule has 0 atom stereocenters. The van der Waals surface area contributed by atoms with E-state index in [1.165, 1.54) is 11.4 Å². The summed E-state index contributed by atoms with van der Waals surface area (Å²) in [7, 11) is 0. The van der Waals surface area contributed by atoms with E-state index in [1.54, 1.807) is 0 Å². The molecule has 0 saturated carbocycles. The molecule has 0 aromatic carbocycles. The topological polar surface area (TPSA) is 34.4 Å². The van der Waals surface area contributed by atoms with Gasteiger partial charge in [-0.05, 0) is 26.0 Å². The van der Waals surface area contributed by atoms with Crippen molar-refractivity contribution in [2.45, 2.75) is 38.8 Å². The summed E-state index contributed by atoms with van der Waals surface area (Å²) in [6, 6.07) is 4.19. The van der Waals surface area contributed by atoms with Gasteiger partial charge in [-0.15, -0.1) is 0 Å². The first kappa shape index (κ1) is 10.7. The van der Waals surface area contributed by atoms with Gasteiger partial charge in [0.05, 0.1) is 12.1 Å². The predicted octanol–water partition coefficient (Wildman–Crippen LogP) is 1.65. The van der Waals surface area contributed by atoms with Crippen molar-refractivity contribution in [1.82, 2.24) is 4.57 Å². The fourth-order valence-corrected chi connectivity index (χ4v) is 2.15. The van der Waals surface area contributed by atoms with Crippen LogP contribution in [0.25, 0.3) is 0 Å². The molecule has 2 rings (SSSR count). The van der Waals surface area contributed by atoms with Crippen LogP contribution in [0, 0.1) is 13.8 Å². The molecule has 1 aliphatic heterocycles. The molecule has 2 heterocycles. The average molecular weight is 209 g/mol. The number of aliphatic hydroxyl groups is 1. The first-order valence-electron chi connectivity index (χ1n) is 5.54. The van der Waals surface area contributed by atoms with Gasteiger partial charge in [-0.1, -0.05) is 0 Å². The minimum absolute atomic E-state index is 0.577. The van der Waals surface area contributed by atoms with Crippen LogP contribution < -0.4 is 0 Å². The van der Waals surface area contributed by atoms with Gasteiger partial charge in [0, 0.05) is 37.4 Å². The third-order valence-electron chi connectivity index (χ3n) is 3.29. The quantitative estimate of drug-likeness (QED) is 0.803. The molecule has 1 saturated heterocycles. The van der Waals surface area contributed by atoms with Crippen LogP contribution in [0.2, 0.25) is 0 Å². The highest BCUT2D eigenvalue weighted by atomic mass is 16.5. The summed E-state index contributed by atoms with van der Waals surface area (Å²) in [5.74, 6) is 0. The molecule has 3 nitrogen and oxygen atoms in total. The van der Waals surface area contributed by atoms with Crippen molar-refractivity contribution in [2.75, 3.05) is 13.2 Å². The van der Waals surface area contributed by atoms with Gasteiger partial charge in [-0.2, -0.15) is 0 Å². The zero-order valence-electron chi connectivity index (χ0n) is 9.49. The fourth-order valence-electron chi connectivity index (χ4n) is 2.15. The first-order chi connectivity index (χ1) is 7.11. The van der Waals surface area contributed by atoms with Crippen LogP contribution in [0.4, 0.5) is 0 Å². The maximum atomic E-state index is 10.4. The van der Waals surface area contributed by atoms with Gasteiger partial charge in [-0.25, -0.2) is 0 Å². The standard InChI is InChI=1S/C12H19NO2/c1-10-3-4-11(2)13(10)9-12(14)5-7-15-8-6-12/h3-4,14H,5-9H2,1-2H3. The fraction of sp³-hybridized carbons (Fsp3) is 0.667. The van der Waals surface area contributed by atoms with E-state index in [0.717, 1.165) is 12.8 Å². The van der Waals surface area contributed by atoms with E-state index in [4.69, 9.17) is 4.74 Å². The molecule has 0 amide bonds. The van der Waals surface area contributed by atoms with Crippen molar-refractivity contribution in [3.63, 3.8) is 0 Å². The lowest BCUT2D eigenvalue weighted by atomic mass is 9.94. The minimum Gasteiger partial charge on any atom is -0.388 e. The summed E-state index contributed by atoms with van der Waals surface area (Å²) < 4.78 is 7.46. The highest BCUT2D eigenvalue weighted by Crippen LogP contribution is 2.24. The Morgan fingerprint density at radius 3 is 2.33 bits per heavy atom. The second kappa shape index (κ2) is 3.99. The number of hydrogen-bond acceptors (Lipinski definition) is 2. The van der Waals surface area contributed by atoms with E-state index >= 15 is 0 Å². The highest BCUT2D eigenvalue weighted by Gasteiger charge is 2.30. The summed E-state index contributed by atoms with van der Waals surface area (Å²) in [5, 5.41) is 10.4. The smallest absolute Gasteiger partial charge is 0.0869 e. The Bertz CT molecular complexity index is 318. The SMILES string of the molecule is Cc1ccc(C)n1CC1(O)CCOCC1. The molecule has 0 radical (unpaired) electrons. The van der Waals surface area contributed by atoms with E-state index < -0.39 is 5.60 Å². The Morgan fingerprint density at radius 2 is 1.80 bits per heavy atom. The second-order valence-electron chi connectivity index (χ2n) is 4.54. The molecular formula is C12H19NO2. The summed E-state index contributed by atoms with van der Waals surface area (Å²) >= 11 is 0. The monoisotopic (exact) mass is 209 g/mol. The third kappa shape index (κ3) is 2.24. The predicted molar refractivity (Wildman–Crippen MR) is 58.9 cm³/mol. The van der Waals surface area contributed by atoms with E-state index in [9.17, 15) is 5.11 Å². The maximum absolute atomic E-state index is 10.4. The summed E-state index contributed by atoms with van der Waals surface area (Å²) in [6.45, 7) is 6.21. The van der Waals surface area contributed by atoms with Crippen LogP contribution in [-0.2, 0) is 11.3 Å². The Kier molecular flexibility index (Phi) is 2.85. The number of rotatable bonds is 2. The molecule has 84 valence electrons. The molecule has 3 heteroatoms. The van der Waals surface area contributed by atoms with Crippen molar-refractivity contribution in [1.29, 1.82) is 0 Å². The van der Waals surface area contributed by atoms with Crippen molar-refractivity contribution in [3.8, 4) is 0 Å². The van der Waals surface area contributed by atoms with E-state index in [-0.39, 0.29) is 0 Å². The Balaban J connectivity index is 2.13. The zero-order chi connectivity index (χ0) is 10.9. The largest absolute Gasteiger partial charge is 0.388 e. The van der Waals surface area contributed by atoms with Crippen molar-refractivity contribution in [2.24, 2.45) is 0 Å². The van der Waals surface area contributed by atoms with Crippen molar-refractivity contribution < 1.29 is 9.84 Å². The van der Waals surface area contributed by atoms with Crippen LogP contribution in [0.15, 0.2) is 12.1 Å². The molecule has 1 fully saturated rings. The molecule has 0 spiro atoms. The maximum Gasteiger partial charge on any atom is 0.0869 e. The van der Waals surface area contributed by atoms with E-state index in [2.05, 4.69) is 30.5 Å². The molecule has 0 bridgehead atoms. The lowest BCUT2D eigenvalue weighted by molar-refractivity contribution is -0.0732. The molecule has 15 heavy (non-hydrogen) atoms. The summed E-state index contributed by atoms with van der Waals surface area (Å²) in [4.78, 5) is 0. The van der Waals surface area contributed by atoms with Crippen LogP contribution in [0.3, 0.4) is 0 Å². The second-order valence-corrected chi connectivity index (χ2v) is 4.54. The lowest BCUT2D eigenvalue weighted by Crippen LogP contribution is -2.40. The molecule has 1 N–H and O–H groups in total. The first-order valence-corrected chi connectivity index (χ1v) is 5.54. The Labute approximate surface area is 90.7 Å². The number of nitrogens with zero attached hydrogens (tertiary/aromatic N) is 1. The van der Waals surface area contributed by atoms with Gasteiger partial charge in [0.2, 0.25) is 0 Å². The van der Waals surface area contributed by atoms with Crippen molar-refractivity contribution >= 4 is 0 Å². The third-order valence-corrected chi connectivity index (χ3v) is 3.29. The Hall–Kier alpha value is -0.800. The Morgan fingerprint density at radius 1 is 1.27 bits per heavy atom.